The highest BCUT2D eigenvalue weighted by Gasteiger charge is 2.24. The average molecular weight is 660 g/mol. The number of fused-ring (bicyclic) bond motifs is 1. The molecule has 0 aliphatic carbocycles. The lowest BCUT2D eigenvalue weighted by molar-refractivity contribution is 0.0964. The third kappa shape index (κ3) is 7.93. The number of pyridine rings is 1. The first-order chi connectivity index (χ1) is 17.6. The predicted octanol–water partition coefficient (Wildman–Crippen LogP) is 5.48. The molecule has 202 valence electrons. The number of benzene rings is 1. The third-order valence-corrected chi connectivity index (χ3v) is 9.49. The molecule has 12 heteroatoms. The molecule has 1 amide bonds. The predicted molar refractivity (Wildman–Crippen MR) is 153 cm³/mol. The first-order valence-electron chi connectivity index (χ1n) is 12.0. The van der Waals surface area contributed by atoms with Crippen LogP contribution in [0.2, 0.25) is 0 Å². The van der Waals surface area contributed by atoms with E-state index in [1.165, 1.54) is 4.31 Å². The summed E-state index contributed by atoms with van der Waals surface area (Å²) in [6, 6.07) is 9.47. The third-order valence-electron chi connectivity index (χ3n) is 5.89. The van der Waals surface area contributed by atoms with Gasteiger partial charge in [0.1, 0.15) is 5.76 Å². The molecule has 2 unspecified atom stereocenters. The zero-order valence-corrected chi connectivity index (χ0v) is 25.3. The quantitative estimate of drug-likeness (QED) is 0.112. The molecular weight excluding hydrogens is 628 g/mol. The van der Waals surface area contributed by atoms with Crippen LogP contribution in [0.3, 0.4) is 0 Å². The van der Waals surface area contributed by atoms with Crippen molar-refractivity contribution >= 4 is 58.2 Å². The lowest BCUT2D eigenvalue weighted by Crippen LogP contribution is -2.27. The van der Waals surface area contributed by atoms with Crippen LogP contribution < -0.4 is 5.32 Å². The van der Waals surface area contributed by atoms with E-state index < -0.39 is 18.6 Å². The van der Waals surface area contributed by atoms with Gasteiger partial charge < -0.3 is 18.8 Å². The first kappa shape index (κ1) is 29.9. The van der Waals surface area contributed by atoms with E-state index in [1.807, 2.05) is 44.2 Å². The van der Waals surface area contributed by atoms with E-state index >= 15 is 0 Å². The first-order valence-corrected chi connectivity index (χ1v) is 16.4. The van der Waals surface area contributed by atoms with Crippen molar-refractivity contribution in [3.8, 4) is 11.3 Å². The van der Waals surface area contributed by atoms with Crippen molar-refractivity contribution in [1.29, 1.82) is 0 Å². The van der Waals surface area contributed by atoms with Gasteiger partial charge in [0.15, 0.2) is 7.37 Å². The number of nitrogens with zero attached hydrogens (tertiary/aromatic N) is 2. The normalized spacial score (nSPS) is 14.1. The maximum Gasteiger partial charge on any atom is 0.255 e. The topological polar surface area (TPSA) is 125 Å². The number of aryl methyl sites for hydroxylation is 1. The monoisotopic (exact) mass is 660 g/mol. The molecule has 0 aliphatic rings. The van der Waals surface area contributed by atoms with Crippen molar-refractivity contribution in [1.82, 2.24) is 14.6 Å². The Balaban J connectivity index is 1.81. The van der Waals surface area contributed by atoms with E-state index in [-0.39, 0.29) is 18.2 Å². The Kier molecular flexibility index (Phi) is 10.9. The van der Waals surface area contributed by atoms with Crippen LogP contribution >= 0.6 is 30.0 Å². The van der Waals surface area contributed by atoms with Gasteiger partial charge in [-0.25, -0.2) is 9.29 Å². The Hall–Kier alpha value is -1.63. The maximum atomic E-state index is 12.8. The minimum Gasteiger partial charge on any atom is -0.760 e. The Morgan fingerprint density at radius 2 is 1.97 bits per heavy atom. The summed E-state index contributed by atoms with van der Waals surface area (Å²) in [6.07, 6.45) is 2.53. The molecule has 1 aromatic carbocycles. The summed E-state index contributed by atoms with van der Waals surface area (Å²) in [4.78, 5) is 17.4. The molecule has 1 N–H and O–H groups in total. The van der Waals surface area contributed by atoms with Crippen LogP contribution in [-0.2, 0) is 26.9 Å². The maximum absolute atomic E-state index is 12.8. The smallest absolute Gasteiger partial charge is 0.255 e. The highest BCUT2D eigenvalue weighted by atomic mass is 127. The van der Waals surface area contributed by atoms with Gasteiger partial charge >= 0.3 is 0 Å². The molecule has 0 spiro atoms. The highest BCUT2D eigenvalue weighted by molar-refractivity contribution is 14.1. The largest absolute Gasteiger partial charge is 0.760 e. The number of hydrogen-bond donors (Lipinski definition) is 1. The fourth-order valence-electron chi connectivity index (χ4n) is 3.98. The standard InChI is InChI=1S/C25H33IN3O6PS/c1-5-34-36(4,31)14-8-6-7-13-29(37(32)33)16-21-20(26)15-19-22(24(30)27-3)23(35-25(19)28-21)18-11-9-17(2)10-12-18/h9-12,15H,5-8,13-14,16H2,1-4H3,(H,27,30)(H,32,33)/p-1. The Bertz CT molecular complexity index is 1310. The van der Waals surface area contributed by atoms with Gasteiger partial charge in [-0.1, -0.05) is 36.2 Å². The fourth-order valence-corrected chi connectivity index (χ4v) is 6.56. The molecule has 2 aromatic heterocycles. The number of halogens is 1. The molecule has 0 saturated heterocycles. The van der Waals surface area contributed by atoms with Crippen molar-refractivity contribution in [2.24, 2.45) is 0 Å². The summed E-state index contributed by atoms with van der Waals surface area (Å²) in [5.41, 5.74) is 3.04. The molecule has 3 aromatic rings. The van der Waals surface area contributed by atoms with Crippen LogP contribution in [0, 0.1) is 10.5 Å². The van der Waals surface area contributed by atoms with Gasteiger partial charge in [0, 0.05) is 46.8 Å². The number of amides is 1. The number of carbonyl (C=O) groups excluding carboxylic acids is 1. The zero-order chi connectivity index (χ0) is 27.2. The van der Waals surface area contributed by atoms with Gasteiger partial charge in [-0.05, 0) is 55.3 Å². The van der Waals surface area contributed by atoms with Crippen molar-refractivity contribution in [3.63, 3.8) is 0 Å². The molecule has 3 rings (SSSR count). The summed E-state index contributed by atoms with van der Waals surface area (Å²) >= 11 is -0.341. The number of aromatic nitrogens is 1. The molecule has 0 fully saturated rings. The van der Waals surface area contributed by atoms with E-state index in [4.69, 9.17) is 8.94 Å². The van der Waals surface area contributed by atoms with Gasteiger partial charge in [-0.3, -0.25) is 13.6 Å². The van der Waals surface area contributed by atoms with Crippen molar-refractivity contribution < 1.29 is 27.1 Å². The highest BCUT2D eigenvalue weighted by Crippen LogP contribution is 2.43. The lowest BCUT2D eigenvalue weighted by Gasteiger charge is -2.24. The van der Waals surface area contributed by atoms with E-state index in [0.717, 1.165) is 21.1 Å². The molecular formula is C25H32IN3O6PS-. The number of nitrogens with one attached hydrogen (secondary N) is 1. The van der Waals surface area contributed by atoms with Gasteiger partial charge in [0.2, 0.25) is 5.71 Å². The molecule has 37 heavy (non-hydrogen) atoms. The lowest BCUT2D eigenvalue weighted by atomic mass is 10.0. The molecule has 9 nitrogen and oxygen atoms in total. The fraction of sp³-hybridized carbons (Fsp3) is 0.440. The number of unbranched alkanes of at least 4 members (excludes halogenated alkanes) is 2. The second-order valence-electron chi connectivity index (χ2n) is 8.82. The van der Waals surface area contributed by atoms with E-state index in [9.17, 15) is 18.1 Å². The summed E-state index contributed by atoms with van der Waals surface area (Å²) < 4.78 is 49.5. The van der Waals surface area contributed by atoms with Crippen LogP contribution in [0.5, 0.6) is 0 Å². The second-order valence-corrected chi connectivity index (χ2v) is 13.7. The van der Waals surface area contributed by atoms with Crippen molar-refractivity contribution in [3.05, 3.63) is 50.7 Å². The Morgan fingerprint density at radius 3 is 2.59 bits per heavy atom. The van der Waals surface area contributed by atoms with Crippen molar-refractivity contribution in [2.75, 3.05) is 33.0 Å². The summed E-state index contributed by atoms with van der Waals surface area (Å²) in [6.45, 7) is 6.23. The van der Waals surface area contributed by atoms with E-state index in [2.05, 4.69) is 32.9 Å². The Morgan fingerprint density at radius 1 is 1.27 bits per heavy atom. The average Bonchev–Trinajstić information content (AvgIpc) is 3.20. The number of hydrogen-bond acceptors (Lipinski definition) is 7. The summed E-state index contributed by atoms with van der Waals surface area (Å²) in [5.74, 6) is 0.127. The van der Waals surface area contributed by atoms with Gasteiger partial charge in [0.25, 0.3) is 5.91 Å². The van der Waals surface area contributed by atoms with Gasteiger partial charge in [0.05, 0.1) is 29.8 Å². The van der Waals surface area contributed by atoms with Crippen LogP contribution in [0.15, 0.2) is 34.7 Å². The molecule has 2 atom stereocenters. The molecule has 0 radical (unpaired) electrons. The van der Waals surface area contributed by atoms with Crippen LogP contribution in [0.25, 0.3) is 22.4 Å². The molecule has 0 saturated carbocycles. The zero-order valence-electron chi connectivity index (χ0n) is 21.4. The number of rotatable bonds is 13. The Labute approximate surface area is 233 Å². The number of furan rings is 1. The van der Waals surface area contributed by atoms with Crippen molar-refractivity contribution in [2.45, 2.75) is 39.7 Å². The minimum atomic E-state index is -2.58. The van der Waals surface area contributed by atoms with Crippen LogP contribution in [0.1, 0.15) is 47.8 Å². The summed E-state index contributed by atoms with van der Waals surface area (Å²) in [5, 5.41) is 3.23. The van der Waals surface area contributed by atoms with E-state index in [1.54, 1.807) is 13.7 Å². The van der Waals surface area contributed by atoms with E-state index in [0.29, 0.717) is 54.6 Å². The van der Waals surface area contributed by atoms with Gasteiger partial charge in [-0.2, -0.15) is 0 Å². The molecule has 2 heterocycles. The van der Waals surface area contributed by atoms with Crippen LogP contribution in [0.4, 0.5) is 0 Å². The van der Waals surface area contributed by atoms with Crippen LogP contribution in [-0.4, -0.2) is 57.0 Å². The SMILES string of the molecule is CCOP(C)(=O)CCCCCN(Cc1nc2oc(-c3ccc(C)cc3)c(C(=O)NC)c2cc1I)S(=O)[O-]. The second kappa shape index (κ2) is 13.4. The molecule has 0 aliphatic heterocycles. The number of carbonyl (C=O) groups is 1. The molecule has 0 bridgehead atoms. The van der Waals surface area contributed by atoms with Gasteiger partial charge in [-0.15, -0.1) is 0 Å². The summed E-state index contributed by atoms with van der Waals surface area (Å²) in [7, 11) is -1.02. The minimum absolute atomic E-state index is 0.0748.